The van der Waals surface area contributed by atoms with E-state index in [0.29, 0.717) is 6.10 Å². The molecule has 0 bridgehead atoms. The van der Waals surface area contributed by atoms with Crippen molar-refractivity contribution in [3.63, 3.8) is 0 Å². The zero-order valence-electron chi connectivity index (χ0n) is 20.9. The summed E-state index contributed by atoms with van der Waals surface area (Å²) < 4.78 is 5.55. The lowest BCUT2D eigenvalue weighted by atomic mass is 9.78. The van der Waals surface area contributed by atoms with Crippen LogP contribution in [0.4, 0.5) is 0 Å². The van der Waals surface area contributed by atoms with Crippen LogP contribution in [0, 0.1) is 23.7 Å². The summed E-state index contributed by atoms with van der Waals surface area (Å²) >= 11 is 0. The molecule has 0 N–H and O–H groups in total. The second-order valence-electron chi connectivity index (χ2n) is 12.0. The minimum Gasteiger partial charge on any atom is -0.381 e. The van der Waals surface area contributed by atoms with Crippen LogP contribution in [-0.4, -0.2) is 36.2 Å². The molecular formula is C29H51NO. The van der Waals surface area contributed by atoms with Gasteiger partial charge in [-0.2, -0.15) is 0 Å². The Morgan fingerprint density at radius 3 is 1.26 bits per heavy atom. The molecule has 4 aliphatic carbocycles. The second-order valence-corrected chi connectivity index (χ2v) is 12.0. The number of methoxy groups -OCH3 is 1. The number of allylic oxidation sites excluding steroid dienone is 2. The molecule has 178 valence electrons. The predicted octanol–water partition coefficient (Wildman–Crippen LogP) is 7.77. The smallest absolute Gasteiger partial charge is 0.0571 e. The normalized spacial score (nSPS) is 42.8. The van der Waals surface area contributed by atoms with Crippen molar-refractivity contribution in [2.75, 3.05) is 7.11 Å². The number of rotatable bonds is 6. The zero-order chi connectivity index (χ0) is 21.6. The molecule has 0 unspecified atom stereocenters. The molecule has 2 heteroatoms. The molecule has 2 nitrogen and oxygen atoms in total. The summed E-state index contributed by atoms with van der Waals surface area (Å²) in [5.41, 5.74) is 0. The van der Waals surface area contributed by atoms with Gasteiger partial charge < -0.3 is 4.74 Å². The Morgan fingerprint density at radius 1 is 0.516 bits per heavy atom. The van der Waals surface area contributed by atoms with Gasteiger partial charge in [-0.05, 0) is 126 Å². The quantitative estimate of drug-likeness (QED) is 0.400. The van der Waals surface area contributed by atoms with Crippen molar-refractivity contribution in [2.45, 2.75) is 141 Å². The minimum atomic E-state index is 0.525. The second kappa shape index (κ2) is 11.7. The van der Waals surface area contributed by atoms with Gasteiger partial charge in [0.05, 0.1) is 6.10 Å². The third-order valence-electron chi connectivity index (χ3n) is 9.68. The maximum Gasteiger partial charge on any atom is 0.0571 e. The summed E-state index contributed by atoms with van der Waals surface area (Å²) in [4.78, 5) is 3.13. The SMILES string of the molecule is COC1CCC(/C=C/C2CCC(N(C3CCC(C)CC3)C3CCC(C)CC3)CC2)CC1. The topological polar surface area (TPSA) is 12.5 Å². The van der Waals surface area contributed by atoms with E-state index < -0.39 is 0 Å². The number of hydrogen-bond donors (Lipinski definition) is 0. The largest absolute Gasteiger partial charge is 0.381 e. The average molecular weight is 430 g/mol. The molecule has 4 aliphatic rings. The van der Waals surface area contributed by atoms with Gasteiger partial charge >= 0.3 is 0 Å². The van der Waals surface area contributed by atoms with Crippen molar-refractivity contribution < 1.29 is 4.74 Å². The van der Waals surface area contributed by atoms with Gasteiger partial charge in [-0.1, -0.05) is 26.0 Å². The summed E-state index contributed by atoms with van der Waals surface area (Å²) in [6.45, 7) is 4.95. The summed E-state index contributed by atoms with van der Waals surface area (Å²) in [5, 5.41) is 0. The highest BCUT2D eigenvalue weighted by Crippen LogP contribution is 2.39. The van der Waals surface area contributed by atoms with Crippen LogP contribution in [0.25, 0.3) is 0 Å². The van der Waals surface area contributed by atoms with Gasteiger partial charge in [0.1, 0.15) is 0 Å². The number of ether oxygens (including phenoxy) is 1. The van der Waals surface area contributed by atoms with Crippen LogP contribution in [0.3, 0.4) is 0 Å². The van der Waals surface area contributed by atoms with Gasteiger partial charge in [-0.25, -0.2) is 0 Å². The Balaban J connectivity index is 1.30. The van der Waals surface area contributed by atoms with Crippen molar-refractivity contribution in [3.05, 3.63) is 12.2 Å². The van der Waals surface area contributed by atoms with Crippen LogP contribution in [0.15, 0.2) is 12.2 Å². The number of hydrogen-bond acceptors (Lipinski definition) is 2. The first-order valence-electron chi connectivity index (χ1n) is 14.1. The Bertz CT molecular complexity index is 505. The molecule has 4 fully saturated rings. The molecule has 4 saturated carbocycles. The van der Waals surface area contributed by atoms with Gasteiger partial charge in [0.25, 0.3) is 0 Å². The molecule has 4 rings (SSSR count). The highest BCUT2D eigenvalue weighted by atomic mass is 16.5. The molecule has 0 atom stereocenters. The lowest BCUT2D eigenvalue weighted by molar-refractivity contribution is 0.00812. The predicted molar refractivity (Wildman–Crippen MR) is 132 cm³/mol. The Labute approximate surface area is 193 Å². The first-order valence-corrected chi connectivity index (χ1v) is 14.1. The van der Waals surface area contributed by atoms with Crippen LogP contribution in [0.5, 0.6) is 0 Å². The highest BCUT2D eigenvalue weighted by molar-refractivity contribution is 4.99. The van der Waals surface area contributed by atoms with Crippen LogP contribution in [-0.2, 0) is 4.74 Å². The molecule has 0 aromatic carbocycles. The number of nitrogens with zero attached hydrogens (tertiary/aromatic N) is 1. The van der Waals surface area contributed by atoms with Gasteiger partial charge in [-0.3, -0.25) is 4.90 Å². The summed E-state index contributed by atoms with van der Waals surface area (Å²) in [7, 11) is 1.88. The van der Waals surface area contributed by atoms with Gasteiger partial charge in [-0.15, -0.1) is 0 Å². The van der Waals surface area contributed by atoms with Crippen LogP contribution >= 0.6 is 0 Å². The van der Waals surface area contributed by atoms with E-state index in [1.54, 1.807) is 0 Å². The van der Waals surface area contributed by atoms with E-state index in [1.165, 1.54) is 103 Å². The minimum absolute atomic E-state index is 0.525. The first kappa shape index (κ1) is 23.8. The molecule has 0 spiro atoms. The van der Waals surface area contributed by atoms with Crippen molar-refractivity contribution in [1.29, 1.82) is 0 Å². The Morgan fingerprint density at radius 2 is 0.871 bits per heavy atom. The van der Waals surface area contributed by atoms with E-state index in [1.807, 2.05) is 7.11 Å². The van der Waals surface area contributed by atoms with Gasteiger partial charge in [0.15, 0.2) is 0 Å². The third-order valence-corrected chi connectivity index (χ3v) is 9.68. The van der Waals surface area contributed by atoms with Crippen LogP contribution in [0.2, 0.25) is 0 Å². The fourth-order valence-corrected chi connectivity index (χ4v) is 7.40. The lowest BCUT2D eigenvalue weighted by Crippen LogP contribution is -2.52. The third kappa shape index (κ3) is 6.59. The van der Waals surface area contributed by atoms with E-state index in [4.69, 9.17) is 4.74 Å². The molecule has 31 heavy (non-hydrogen) atoms. The summed E-state index contributed by atoms with van der Waals surface area (Å²) in [6.07, 6.45) is 28.4. The molecule has 0 saturated heterocycles. The lowest BCUT2D eigenvalue weighted by Gasteiger charge is -2.49. The fourth-order valence-electron chi connectivity index (χ4n) is 7.40. The Hall–Kier alpha value is -0.340. The highest BCUT2D eigenvalue weighted by Gasteiger charge is 2.37. The van der Waals surface area contributed by atoms with E-state index in [2.05, 4.69) is 30.9 Å². The molecule has 0 heterocycles. The van der Waals surface area contributed by atoms with Crippen molar-refractivity contribution >= 4 is 0 Å². The average Bonchev–Trinajstić information content (AvgIpc) is 2.81. The van der Waals surface area contributed by atoms with Crippen LogP contribution < -0.4 is 0 Å². The molecule has 0 amide bonds. The Kier molecular flexibility index (Phi) is 8.97. The van der Waals surface area contributed by atoms with E-state index in [0.717, 1.165) is 41.8 Å². The zero-order valence-corrected chi connectivity index (χ0v) is 20.9. The van der Waals surface area contributed by atoms with Gasteiger partial charge in [0, 0.05) is 25.2 Å². The molecule has 0 aromatic rings. The first-order chi connectivity index (χ1) is 15.1. The molecule has 0 aliphatic heterocycles. The molecule has 0 aromatic heterocycles. The van der Waals surface area contributed by atoms with Crippen LogP contribution in [0.1, 0.15) is 117 Å². The van der Waals surface area contributed by atoms with E-state index in [9.17, 15) is 0 Å². The van der Waals surface area contributed by atoms with Crippen molar-refractivity contribution in [2.24, 2.45) is 23.7 Å². The standard InChI is InChI=1S/C29H51NO/c1-22-4-14-26(15-5-22)30(27-16-6-23(2)7-17-27)28-18-10-24(11-19-28)8-9-25-12-20-29(31-3)21-13-25/h8-9,22-29H,4-7,10-21H2,1-3H3/b9-8+. The fraction of sp³-hybridized carbons (Fsp3) is 0.931. The van der Waals surface area contributed by atoms with Crippen molar-refractivity contribution in [3.8, 4) is 0 Å². The van der Waals surface area contributed by atoms with E-state index >= 15 is 0 Å². The molecular weight excluding hydrogens is 378 g/mol. The maximum atomic E-state index is 5.55. The summed E-state index contributed by atoms with van der Waals surface area (Å²) in [6, 6.07) is 2.66. The maximum absolute atomic E-state index is 5.55. The molecule has 0 radical (unpaired) electrons. The summed E-state index contributed by atoms with van der Waals surface area (Å²) in [5.74, 6) is 3.58. The van der Waals surface area contributed by atoms with E-state index in [-0.39, 0.29) is 0 Å². The van der Waals surface area contributed by atoms with Gasteiger partial charge in [0.2, 0.25) is 0 Å². The van der Waals surface area contributed by atoms with Crippen molar-refractivity contribution in [1.82, 2.24) is 4.90 Å². The monoisotopic (exact) mass is 429 g/mol.